The van der Waals surface area contributed by atoms with Crippen LogP contribution in [0, 0.1) is 2.88 Å². The van der Waals surface area contributed by atoms with Crippen molar-refractivity contribution < 1.29 is 4.79 Å². The Hall–Kier alpha value is -0.180. The summed E-state index contributed by atoms with van der Waals surface area (Å²) in [4.78, 5) is 15.9. The number of thiophene rings is 1. The molecule has 2 aromatic rings. The quantitative estimate of drug-likeness (QED) is 0.646. The van der Waals surface area contributed by atoms with E-state index in [0.717, 1.165) is 8.58 Å². The minimum absolute atomic E-state index is 0.130. The number of thiazole rings is 1. The van der Waals surface area contributed by atoms with E-state index in [1.807, 2.05) is 16.8 Å². The van der Waals surface area contributed by atoms with Crippen LogP contribution in [0.2, 0.25) is 0 Å². The standard InChI is InChI=1S/C9H6ClIN2OS2/c10-2-6-4-16-9(12-6)13-8(14)5-1-7(11)15-3-5/h1,3-4H,2H2,(H,12,13,14). The average molecular weight is 385 g/mol. The van der Waals surface area contributed by atoms with Gasteiger partial charge in [0.25, 0.3) is 5.91 Å². The fourth-order valence-electron chi connectivity index (χ4n) is 1.02. The molecule has 16 heavy (non-hydrogen) atoms. The van der Waals surface area contributed by atoms with Crippen LogP contribution in [0.1, 0.15) is 16.1 Å². The van der Waals surface area contributed by atoms with E-state index in [0.29, 0.717) is 16.6 Å². The van der Waals surface area contributed by atoms with Crippen LogP contribution in [0.4, 0.5) is 5.13 Å². The number of rotatable bonds is 3. The summed E-state index contributed by atoms with van der Waals surface area (Å²) in [5.74, 6) is 0.234. The summed E-state index contributed by atoms with van der Waals surface area (Å²) < 4.78 is 1.09. The van der Waals surface area contributed by atoms with E-state index < -0.39 is 0 Å². The first-order valence-electron chi connectivity index (χ1n) is 4.25. The molecule has 0 aromatic carbocycles. The second kappa shape index (κ2) is 5.44. The number of carbonyl (C=O) groups is 1. The predicted molar refractivity (Wildman–Crippen MR) is 76.7 cm³/mol. The first-order chi connectivity index (χ1) is 7.69. The minimum Gasteiger partial charge on any atom is -0.298 e. The van der Waals surface area contributed by atoms with Gasteiger partial charge in [-0.2, -0.15) is 0 Å². The topological polar surface area (TPSA) is 42.0 Å². The number of nitrogens with zero attached hydrogens (tertiary/aromatic N) is 1. The Kier molecular flexibility index (Phi) is 4.17. The molecule has 0 aliphatic rings. The lowest BCUT2D eigenvalue weighted by Crippen LogP contribution is -2.10. The predicted octanol–water partition coefficient (Wildman–Crippen LogP) is 3.80. The highest BCUT2D eigenvalue weighted by atomic mass is 127. The van der Waals surface area contributed by atoms with Crippen LogP contribution < -0.4 is 5.32 Å². The van der Waals surface area contributed by atoms with Gasteiger partial charge in [-0.1, -0.05) is 0 Å². The zero-order chi connectivity index (χ0) is 11.5. The van der Waals surface area contributed by atoms with Crippen molar-refractivity contribution in [3.63, 3.8) is 0 Å². The number of carbonyl (C=O) groups excluding carboxylic acids is 1. The molecule has 0 saturated heterocycles. The van der Waals surface area contributed by atoms with Gasteiger partial charge in [0.05, 0.1) is 20.0 Å². The third-order valence-corrected chi connectivity index (χ3v) is 4.61. The number of alkyl halides is 1. The maximum absolute atomic E-state index is 11.8. The maximum Gasteiger partial charge on any atom is 0.258 e. The second-order valence-corrected chi connectivity index (χ2v) is 6.80. The second-order valence-electron chi connectivity index (χ2n) is 2.87. The lowest BCUT2D eigenvalue weighted by atomic mass is 10.3. The molecule has 0 atom stereocenters. The lowest BCUT2D eigenvalue weighted by molar-refractivity contribution is 0.102. The SMILES string of the molecule is O=C(Nc1nc(CCl)cs1)c1csc(I)c1. The Morgan fingerprint density at radius 2 is 2.31 bits per heavy atom. The molecule has 2 heterocycles. The average Bonchev–Trinajstić information content (AvgIpc) is 2.87. The van der Waals surface area contributed by atoms with Gasteiger partial charge in [0.2, 0.25) is 0 Å². The van der Waals surface area contributed by atoms with E-state index >= 15 is 0 Å². The number of nitrogens with one attached hydrogen (secondary N) is 1. The van der Waals surface area contributed by atoms with Gasteiger partial charge in [0, 0.05) is 10.8 Å². The van der Waals surface area contributed by atoms with E-state index in [-0.39, 0.29) is 5.91 Å². The van der Waals surface area contributed by atoms with Crippen LogP contribution >= 0.6 is 56.9 Å². The van der Waals surface area contributed by atoms with Gasteiger partial charge in [-0.25, -0.2) is 4.98 Å². The molecule has 1 amide bonds. The molecule has 7 heteroatoms. The number of hydrogen-bond acceptors (Lipinski definition) is 4. The van der Waals surface area contributed by atoms with Crippen LogP contribution in [0.25, 0.3) is 0 Å². The fraction of sp³-hybridized carbons (Fsp3) is 0.111. The van der Waals surface area contributed by atoms with Crippen molar-refractivity contribution in [2.45, 2.75) is 5.88 Å². The molecule has 0 spiro atoms. The van der Waals surface area contributed by atoms with E-state index in [9.17, 15) is 4.79 Å². The van der Waals surface area contributed by atoms with Crippen molar-refractivity contribution in [3.8, 4) is 0 Å². The summed E-state index contributed by atoms with van der Waals surface area (Å²) in [5, 5.41) is 6.98. The fourth-order valence-corrected chi connectivity index (χ4v) is 3.28. The van der Waals surface area contributed by atoms with Gasteiger partial charge in [-0.05, 0) is 28.7 Å². The van der Waals surface area contributed by atoms with E-state index in [1.54, 1.807) is 11.3 Å². The Labute approximate surface area is 119 Å². The molecule has 2 rings (SSSR count). The summed E-state index contributed by atoms with van der Waals surface area (Å²) in [6, 6.07) is 1.84. The van der Waals surface area contributed by atoms with Gasteiger partial charge in [-0.3, -0.25) is 10.1 Å². The van der Waals surface area contributed by atoms with Gasteiger partial charge in [0.1, 0.15) is 0 Å². The van der Waals surface area contributed by atoms with Crippen LogP contribution in [0.3, 0.4) is 0 Å². The monoisotopic (exact) mass is 384 g/mol. The van der Waals surface area contributed by atoms with Crippen molar-refractivity contribution >= 4 is 67.9 Å². The number of hydrogen-bond donors (Lipinski definition) is 1. The summed E-state index contributed by atoms with van der Waals surface area (Å²) in [6.07, 6.45) is 0. The highest BCUT2D eigenvalue weighted by Gasteiger charge is 2.10. The van der Waals surface area contributed by atoms with Gasteiger partial charge in [-0.15, -0.1) is 34.3 Å². The van der Waals surface area contributed by atoms with Crippen molar-refractivity contribution in [2.75, 3.05) is 5.32 Å². The zero-order valence-electron chi connectivity index (χ0n) is 7.87. The highest BCUT2D eigenvalue weighted by molar-refractivity contribution is 14.1. The number of halogens is 2. The normalized spacial score (nSPS) is 10.4. The largest absolute Gasteiger partial charge is 0.298 e. The number of aromatic nitrogens is 1. The van der Waals surface area contributed by atoms with Crippen LogP contribution in [-0.2, 0) is 5.88 Å². The summed E-state index contributed by atoms with van der Waals surface area (Å²) in [5.41, 5.74) is 1.44. The Bertz CT molecular complexity index is 511. The smallest absolute Gasteiger partial charge is 0.258 e. The lowest BCUT2D eigenvalue weighted by Gasteiger charge is -1.97. The molecule has 1 N–H and O–H groups in total. The molecule has 84 valence electrons. The maximum atomic E-state index is 11.8. The molecule has 0 aliphatic carbocycles. The van der Waals surface area contributed by atoms with Crippen molar-refractivity contribution in [3.05, 3.63) is 31.0 Å². The molecule has 0 fully saturated rings. The third kappa shape index (κ3) is 2.93. The van der Waals surface area contributed by atoms with E-state index in [4.69, 9.17) is 11.6 Å². The molecular weight excluding hydrogens is 379 g/mol. The van der Waals surface area contributed by atoms with Gasteiger partial charge in [0.15, 0.2) is 5.13 Å². The molecule has 0 aliphatic heterocycles. The first-order valence-corrected chi connectivity index (χ1v) is 7.62. The van der Waals surface area contributed by atoms with Crippen molar-refractivity contribution in [1.82, 2.24) is 4.98 Å². The van der Waals surface area contributed by atoms with Crippen LogP contribution in [0.5, 0.6) is 0 Å². The Balaban J connectivity index is 2.07. The van der Waals surface area contributed by atoms with Crippen molar-refractivity contribution in [2.24, 2.45) is 0 Å². The van der Waals surface area contributed by atoms with Gasteiger partial charge < -0.3 is 0 Å². The zero-order valence-corrected chi connectivity index (χ0v) is 12.4. The molecule has 3 nitrogen and oxygen atoms in total. The summed E-state index contributed by atoms with van der Waals surface area (Å²) in [7, 11) is 0. The van der Waals surface area contributed by atoms with Crippen LogP contribution in [-0.4, -0.2) is 10.9 Å². The molecule has 2 aromatic heterocycles. The highest BCUT2D eigenvalue weighted by Crippen LogP contribution is 2.20. The molecule has 0 bridgehead atoms. The third-order valence-electron chi connectivity index (χ3n) is 1.74. The number of amides is 1. The van der Waals surface area contributed by atoms with Crippen molar-refractivity contribution in [1.29, 1.82) is 0 Å². The summed E-state index contributed by atoms with van der Waals surface area (Å²) in [6.45, 7) is 0. The van der Waals surface area contributed by atoms with E-state index in [1.165, 1.54) is 11.3 Å². The molecule has 0 unspecified atom stereocenters. The molecule has 0 saturated carbocycles. The van der Waals surface area contributed by atoms with Gasteiger partial charge >= 0.3 is 0 Å². The van der Waals surface area contributed by atoms with Crippen LogP contribution in [0.15, 0.2) is 16.8 Å². The molecular formula is C9H6ClIN2OS2. The number of anilines is 1. The molecule has 0 radical (unpaired) electrons. The first kappa shape index (κ1) is 12.3. The Morgan fingerprint density at radius 3 is 2.88 bits per heavy atom. The van der Waals surface area contributed by atoms with E-state index in [2.05, 4.69) is 32.9 Å². The Morgan fingerprint density at radius 1 is 1.50 bits per heavy atom. The summed E-state index contributed by atoms with van der Waals surface area (Å²) >= 11 is 10.7. The minimum atomic E-state index is -0.130.